The summed E-state index contributed by atoms with van der Waals surface area (Å²) in [5.41, 5.74) is 5.97. The highest BCUT2D eigenvalue weighted by molar-refractivity contribution is 5.78. The summed E-state index contributed by atoms with van der Waals surface area (Å²) < 4.78 is 43.2. The molecule has 4 N–H and O–H groups in total. The van der Waals surface area contributed by atoms with Crippen LogP contribution in [0.5, 0.6) is 5.75 Å². The van der Waals surface area contributed by atoms with Crippen LogP contribution in [-0.2, 0) is 22.3 Å². The number of rotatable bonds is 9. The van der Waals surface area contributed by atoms with Gasteiger partial charge in [-0.05, 0) is 36.8 Å². The van der Waals surface area contributed by atoms with E-state index >= 15 is 0 Å². The van der Waals surface area contributed by atoms with Gasteiger partial charge in [-0.1, -0.05) is 29.8 Å². The number of nitrogens with one attached hydrogen (secondary N) is 1. The largest absolute Gasteiger partial charge is 0.491 e. The van der Waals surface area contributed by atoms with Crippen LogP contribution in [0.3, 0.4) is 0 Å². The van der Waals surface area contributed by atoms with Crippen LogP contribution < -0.4 is 15.8 Å². The van der Waals surface area contributed by atoms with Crippen molar-refractivity contribution in [1.82, 2.24) is 15.1 Å². The lowest BCUT2D eigenvalue weighted by molar-refractivity contribution is -0.137. The number of primary amides is 1. The first-order chi connectivity index (χ1) is 17.4. The van der Waals surface area contributed by atoms with Gasteiger partial charge in [-0.2, -0.15) is 13.2 Å². The molecule has 1 saturated heterocycles. The third-order valence-electron chi connectivity index (χ3n) is 5.54. The summed E-state index contributed by atoms with van der Waals surface area (Å²) in [5.74, 6) is -0.0717. The average Bonchev–Trinajstić information content (AvgIpc) is 2.83. The van der Waals surface area contributed by atoms with E-state index < -0.39 is 17.8 Å². The van der Waals surface area contributed by atoms with Crippen LogP contribution in [0.15, 0.2) is 48.5 Å². The number of aryl methyl sites for hydroxylation is 1. The lowest BCUT2D eigenvalue weighted by atomic mass is 10.1. The molecule has 1 aliphatic rings. The normalized spacial score (nSPS) is 15.3. The Morgan fingerprint density at radius 2 is 1.57 bits per heavy atom. The van der Waals surface area contributed by atoms with Gasteiger partial charge in [-0.15, -0.1) is 0 Å². The van der Waals surface area contributed by atoms with Gasteiger partial charge in [-0.25, -0.2) is 0 Å². The van der Waals surface area contributed by atoms with Crippen molar-refractivity contribution in [3.63, 3.8) is 0 Å². The highest BCUT2D eigenvalue weighted by Crippen LogP contribution is 2.30. The zero-order valence-corrected chi connectivity index (χ0v) is 21.1. The van der Waals surface area contributed by atoms with Crippen molar-refractivity contribution in [2.24, 2.45) is 5.73 Å². The molecular formula is C26H35F3N4O4. The van der Waals surface area contributed by atoms with E-state index in [9.17, 15) is 27.9 Å². The highest BCUT2D eigenvalue weighted by Gasteiger charge is 2.30. The molecule has 0 aliphatic carbocycles. The fourth-order valence-corrected chi connectivity index (χ4v) is 3.58. The molecule has 0 spiro atoms. The van der Waals surface area contributed by atoms with Gasteiger partial charge in [0.2, 0.25) is 11.8 Å². The number of hydrogen-bond acceptors (Lipinski definition) is 6. The number of nitrogens with zero attached hydrogens (tertiary/aromatic N) is 2. The molecule has 8 nitrogen and oxygen atoms in total. The molecule has 2 aromatic carbocycles. The number of aliphatic hydroxyl groups is 1. The van der Waals surface area contributed by atoms with Gasteiger partial charge in [0.15, 0.2) is 0 Å². The number of hydrogen-bond donors (Lipinski definition) is 3. The predicted octanol–water partition coefficient (Wildman–Crippen LogP) is 2.18. The minimum absolute atomic E-state index is 0.00695. The van der Waals surface area contributed by atoms with E-state index in [1.807, 2.05) is 31.2 Å². The first-order valence-electron chi connectivity index (χ1n) is 11.9. The topological polar surface area (TPSA) is 108 Å². The number of β-amino-alcohol motifs (C(OH)–C–C–N with tert-alkyl or cyclic N) is 1. The Bertz CT molecular complexity index is 973. The van der Waals surface area contributed by atoms with Crippen LogP contribution in [0.4, 0.5) is 13.2 Å². The molecule has 1 aliphatic heterocycles. The molecule has 0 bridgehead atoms. The summed E-state index contributed by atoms with van der Waals surface area (Å²) in [6.07, 6.45) is -5.15. The summed E-state index contributed by atoms with van der Waals surface area (Å²) in [4.78, 5) is 25.6. The second-order valence-corrected chi connectivity index (χ2v) is 8.94. The van der Waals surface area contributed by atoms with Crippen molar-refractivity contribution in [3.05, 3.63) is 65.2 Å². The van der Waals surface area contributed by atoms with E-state index in [1.54, 1.807) is 0 Å². The van der Waals surface area contributed by atoms with Crippen LogP contribution in [-0.4, -0.2) is 78.7 Å². The van der Waals surface area contributed by atoms with E-state index in [2.05, 4.69) is 20.9 Å². The molecule has 37 heavy (non-hydrogen) atoms. The van der Waals surface area contributed by atoms with Crippen LogP contribution in [0.1, 0.15) is 23.6 Å². The van der Waals surface area contributed by atoms with Crippen LogP contribution in [0.25, 0.3) is 0 Å². The van der Waals surface area contributed by atoms with E-state index in [0.29, 0.717) is 45.8 Å². The Kier molecular flexibility index (Phi) is 11.8. The third-order valence-corrected chi connectivity index (χ3v) is 5.54. The molecule has 0 saturated carbocycles. The minimum Gasteiger partial charge on any atom is -0.491 e. The molecule has 0 unspecified atom stereocenters. The van der Waals surface area contributed by atoms with Crippen LogP contribution in [0, 0.1) is 6.92 Å². The number of piperazine rings is 1. The predicted molar refractivity (Wildman–Crippen MR) is 134 cm³/mol. The summed E-state index contributed by atoms with van der Waals surface area (Å²) >= 11 is 0. The maximum atomic E-state index is 12.6. The molecule has 3 rings (SSSR count). The van der Waals surface area contributed by atoms with Gasteiger partial charge in [0.25, 0.3) is 0 Å². The number of halogens is 3. The second-order valence-electron chi connectivity index (χ2n) is 8.94. The molecule has 0 aromatic heterocycles. The third kappa shape index (κ3) is 12.1. The van der Waals surface area contributed by atoms with Crippen LogP contribution >= 0.6 is 0 Å². The maximum absolute atomic E-state index is 12.6. The first kappa shape index (κ1) is 30.1. The Morgan fingerprint density at radius 3 is 2.11 bits per heavy atom. The highest BCUT2D eigenvalue weighted by atomic mass is 19.4. The second kappa shape index (κ2) is 14.6. The van der Waals surface area contributed by atoms with Crippen molar-refractivity contribution >= 4 is 11.8 Å². The van der Waals surface area contributed by atoms with E-state index in [0.717, 1.165) is 17.7 Å². The zero-order valence-electron chi connectivity index (χ0n) is 21.1. The van der Waals surface area contributed by atoms with Gasteiger partial charge in [0.1, 0.15) is 18.5 Å². The average molecular weight is 525 g/mol. The Morgan fingerprint density at radius 1 is 1.03 bits per heavy atom. The van der Waals surface area contributed by atoms with Crippen molar-refractivity contribution in [1.29, 1.82) is 0 Å². The van der Waals surface area contributed by atoms with Crippen molar-refractivity contribution in [2.75, 3.05) is 45.9 Å². The molecule has 2 aromatic rings. The molecular weight excluding hydrogens is 489 g/mol. The van der Waals surface area contributed by atoms with Gasteiger partial charge >= 0.3 is 6.18 Å². The summed E-state index contributed by atoms with van der Waals surface area (Å²) in [6.45, 7) is 7.40. The number of amides is 2. The fourth-order valence-electron chi connectivity index (χ4n) is 3.58. The molecule has 1 heterocycles. The smallest absolute Gasteiger partial charge is 0.416 e. The van der Waals surface area contributed by atoms with Crippen molar-refractivity contribution in [3.8, 4) is 5.75 Å². The molecule has 1 atom stereocenters. The summed E-state index contributed by atoms with van der Waals surface area (Å²) in [7, 11) is 0. The monoisotopic (exact) mass is 524 g/mol. The summed E-state index contributed by atoms with van der Waals surface area (Å²) in [6, 6.07) is 12.4. The Labute approximate surface area is 215 Å². The number of carbonyl (C=O) groups excluding carboxylic acids is 2. The number of nitrogens with two attached hydrogens (primary N) is 1. The lowest BCUT2D eigenvalue weighted by Crippen LogP contribution is -2.51. The van der Waals surface area contributed by atoms with Crippen molar-refractivity contribution < 1.29 is 32.6 Å². The number of benzene rings is 2. The molecule has 0 radical (unpaired) electrons. The quantitative estimate of drug-likeness (QED) is 0.464. The van der Waals surface area contributed by atoms with E-state index in [1.165, 1.54) is 24.6 Å². The lowest BCUT2D eigenvalue weighted by Gasteiger charge is -2.35. The standard InChI is InChI=1S/C24H30F3N3O3.C2H5NO/c1-18-2-4-19(5-3-18)14-28-23(32)16-30-12-10-29(11-13-30)15-21(31)17-33-22-8-6-20(7-9-22)24(25,26)27;1-2(3)4/h2-9,21,31H,10-17H2,1H3,(H,28,32);1H3,(H2,3,4)/t21-;/m0./s1. The first-order valence-corrected chi connectivity index (χ1v) is 11.9. The molecule has 2 amide bonds. The Hall–Kier alpha value is -3.15. The molecule has 1 fully saturated rings. The van der Waals surface area contributed by atoms with Gasteiger partial charge in [0.05, 0.1) is 12.1 Å². The van der Waals surface area contributed by atoms with Gasteiger partial charge in [0, 0.05) is 46.2 Å². The van der Waals surface area contributed by atoms with E-state index in [-0.39, 0.29) is 24.2 Å². The SMILES string of the molecule is CC(N)=O.Cc1ccc(CNC(=O)CN2CCN(C[C@H](O)COc3ccc(C(F)(F)F)cc3)CC2)cc1. The number of carbonyl (C=O) groups is 2. The minimum atomic E-state index is -4.39. The van der Waals surface area contributed by atoms with Crippen LogP contribution in [0.2, 0.25) is 0 Å². The zero-order chi connectivity index (χ0) is 27.4. The number of aliphatic hydroxyl groups excluding tert-OH is 1. The summed E-state index contributed by atoms with van der Waals surface area (Å²) in [5, 5.41) is 13.2. The number of alkyl halides is 3. The molecule has 204 valence electrons. The molecule has 11 heteroatoms. The maximum Gasteiger partial charge on any atom is 0.416 e. The van der Waals surface area contributed by atoms with E-state index in [4.69, 9.17) is 4.74 Å². The van der Waals surface area contributed by atoms with Crippen molar-refractivity contribution in [2.45, 2.75) is 32.7 Å². The fraction of sp³-hybridized carbons (Fsp3) is 0.462. The number of ether oxygens (including phenoxy) is 1. The van der Waals surface area contributed by atoms with Gasteiger partial charge < -0.3 is 20.9 Å². The Balaban J connectivity index is 0.00000112. The van der Waals surface area contributed by atoms with Gasteiger partial charge in [-0.3, -0.25) is 19.4 Å².